The van der Waals surface area contributed by atoms with Crippen LogP contribution in [0.4, 0.5) is 8.78 Å². The molecule has 2 aromatic rings. The standard InChI is InChI=1S/C21H24F2N2O3S/c1-4-25(14-15(2)22)12-11-24-21(26)20-13-18(29(3,27)28)9-10-19(20)16-5-7-17(23)8-6-16/h5-10,13-14H,4,11-12H2,1-3H3,(H,24,26)/b15-14-. The number of likely N-dealkylation sites (N-methyl/N-ethyl adjacent to an activating group) is 1. The lowest BCUT2D eigenvalue weighted by atomic mass is 9.99. The molecule has 0 aromatic heterocycles. The molecule has 156 valence electrons. The molecular formula is C21H24F2N2O3S. The van der Waals surface area contributed by atoms with Gasteiger partial charge in [0.2, 0.25) is 0 Å². The van der Waals surface area contributed by atoms with Crippen molar-refractivity contribution in [3.63, 3.8) is 0 Å². The SMILES string of the molecule is CCN(/C=C(/C)F)CCNC(=O)c1cc(S(C)(=O)=O)ccc1-c1ccc(F)cc1. The number of nitrogens with zero attached hydrogens (tertiary/aromatic N) is 1. The largest absolute Gasteiger partial charge is 0.374 e. The van der Waals surface area contributed by atoms with E-state index in [9.17, 15) is 22.0 Å². The summed E-state index contributed by atoms with van der Waals surface area (Å²) in [6.45, 7) is 4.40. The molecule has 0 unspecified atom stereocenters. The summed E-state index contributed by atoms with van der Waals surface area (Å²) in [4.78, 5) is 14.5. The second-order valence-electron chi connectivity index (χ2n) is 6.59. The summed E-state index contributed by atoms with van der Waals surface area (Å²) < 4.78 is 50.1. The molecule has 0 fully saturated rings. The molecule has 1 N–H and O–H groups in total. The van der Waals surface area contributed by atoms with E-state index in [4.69, 9.17) is 0 Å². The third kappa shape index (κ3) is 6.39. The van der Waals surface area contributed by atoms with Crippen LogP contribution in [0, 0.1) is 5.82 Å². The first kappa shape index (κ1) is 22.5. The van der Waals surface area contributed by atoms with Gasteiger partial charge in [-0.3, -0.25) is 4.79 Å². The maximum Gasteiger partial charge on any atom is 0.252 e. The van der Waals surface area contributed by atoms with E-state index in [2.05, 4.69) is 5.32 Å². The number of sulfone groups is 1. The van der Waals surface area contributed by atoms with E-state index in [0.717, 1.165) is 6.26 Å². The summed E-state index contributed by atoms with van der Waals surface area (Å²) in [6.07, 6.45) is 2.42. The fourth-order valence-corrected chi connectivity index (χ4v) is 3.44. The Balaban J connectivity index is 2.31. The molecule has 2 aromatic carbocycles. The number of nitrogens with one attached hydrogen (secondary N) is 1. The van der Waals surface area contributed by atoms with E-state index in [-0.39, 0.29) is 22.8 Å². The Bertz CT molecular complexity index is 999. The highest BCUT2D eigenvalue weighted by Crippen LogP contribution is 2.26. The number of hydrogen-bond acceptors (Lipinski definition) is 4. The predicted molar refractivity (Wildman–Crippen MR) is 109 cm³/mol. The Morgan fingerprint density at radius 2 is 1.83 bits per heavy atom. The molecule has 0 saturated carbocycles. The number of carbonyl (C=O) groups is 1. The minimum atomic E-state index is -3.51. The molecule has 2 rings (SSSR count). The van der Waals surface area contributed by atoms with Crippen LogP contribution in [0.2, 0.25) is 0 Å². The molecule has 5 nitrogen and oxygen atoms in total. The average molecular weight is 422 g/mol. The van der Waals surface area contributed by atoms with Gasteiger partial charge in [-0.25, -0.2) is 17.2 Å². The molecule has 0 heterocycles. The van der Waals surface area contributed by atoms with Gasteiger partial charge in [-0.1, -0.05) is 18.2 Å². The Morgan fingerprint density at radius 1 is 1.17 bits per heavy atom. The predicted octanol–water partition coefficient (Wildman–Crippen LogP) is 3.78. The molecule has 0 aliphatic heterocycles. The van der Waals surface area contributed by atoms with Crippen molar-refractivity contribution in [2.45, 2.75) is 18.7 Å². The van der Waals surface area contributed by atoms with Gasteiger partial charge in [0.15, 0.2) is 9.84 Å². The number of carbonyl (C=O) groups excluding carboxylic acids is 1. The normalized spacial score (nSPS) is 12.0. The fourth-order valence-electron chi connectivity index (χ4n) is 2.80. The number of hydrogen-bond donors (Lipinski definition) is 1. The summed E-state index contributed by atoms with van der Waals surface area (Å²) in [5.41, 5.74) is 1.24. The summed E-state index contributed by atoms with van der Waals surface area (Å²) in [5, 5.41) is 2.74. The number of rotatable bonds is 8. The van der Waals surface area contributed by atoms with E-state index in [0.29, 0.717) is 24.2 Å². The van der Waals surface area contributed by atoms with Crippen molar-refractivity contribution in [3.8, 4) is 11.1 Å². The third-order valence-corrected chi connectivity index (χ3v) is 5.38. The van der Waals surface area contributed by atoms with Gasteiger partial charge < -0.3 is 10.2 Å². The first-order valence-electron chi connectivity index (χ1n) is 9.08. The van der Waals surface area contributed by atoms with E-state index in [1.54, 1.807) is 4.90 Å². The second-order valence-corrected chi connectivity index (χ2v) is 8.60. The van der Waals surface area contributed by atoms with Gasteiger partial charge in [-0.05, 0) is 49.2 Å². The third-order valence-electron chi connectivity index (χ3n) is 4.27. The van der Waals surface area contributed by atoms with E-state index in [1.165, 1.54) is 55.6 Å². The Hall–Kier alpha value is -2.74. The van der Waals surface area contributed by atoms with Crippen molar-refractivity contribution in [2.24, 2.45) is 0 Å². The summed E-state index contributed by atoms with van der Waals surface area (Å²) >= 11 is 0. The highest BCUT2D eigenvalue weighted by Gasteiger charge is 2.17. The second kappa shape index (κ2) is 9.65. The number of allylic oxidation sites excluding steroid dienone is 1. The van der Waals surface area contributed by atoms with E-state index < -0.39 is 21.6 Å². The lowest BCUT2D eigenvalue weighted by molar-refractivity contribution is 0.0951. The molecule has 0 bridgehead atoms. The van der Waals surface area contributed by atoms with Crippen LogP contribution in [0.25, 0.3) is 11.1 Å². The summed E-state index contributed by atoms with van der Waals surface area (Å²) in [6, 6.07) is 9.85. The Morgan fingerprint density at radius 3 is 2.38 bits per heavy atom. The van der Waals surface area contributed by atoms with Gasteiger partial charge in [0, 0.05) is 37.7 Å². The fraction of sp³-hybridized carbons (Fsp3) is 0.286. The van der Waals surface area contributed by atoms with Crippen molar-refractivity contribution in [2.75, 3.05) is 25.9 Å². The molecular weight excluding hydrogens is 398 g/mol. The zero-order valence-corrected chi connectivity index (χ0v) is 17.4. The molecule has 0 radical (unpaired) electrons. The number of amides is 1. The van der Waals surface area contributed by atoms with Crippen molar-refractivity contribution in [3.05, 3.63) is 65.9 Å². The molecule has 1 amide bonds. The van der Waals surface area contributed by atoms with Crippen LogP contribution < -0.4 is 5.32 Å². The molecule has 0 saturated heterocycles. The van der Waals surface area contributed by atoms with Crippen molar-refractivity contribution in [1.82, 2.24) is 10.2 Å². The van der Waals surface area contributed by atoms with Crippen LogP contribution in [0.1, 0.15) is 24.2 Å². The summed E-state index contributed by atoms with van der Waals surface area (Å²) in [5.74, 6) is -1.21. The van der Waals surface area contributed by atoms with Gasteiger partial charge >= 0.3 is 0 Å². The van der Waals surface area contributed by atoms with Crippen LogP contribution in [0.15, 0.2) is 59.4 Å². The van der Waals surface area contributed by atoms with Crippen molar-refractivity contribution >= 4 is 15.7 Å². The average Bonchev–Trinajstić information content (AvgIpc) is 2.66. The lowest BCUT2D eigenvalue weighted by Gasteiger charge is -2.19. The quantitative estimate of drug-likeness (QED) is 0.703. The highest BCUT2D eigenvalue weighted by molar-refractivity contribution is 7.90. The molecule has 0 aliphatic rings. The lowest BCUT2D eigenvalue weighted by Crippen LogP contribution is -2.33. The minimum Gasteiger partial charge on any atom is -0.374 e. The maximum atomic E-state index is 13.3. The zero-order chi connectivity index (χ0) is 21.6. The number of halogens is 2. The zero-order valence-electron chi connectivity index (χ0n) is 16.6. The Kier molecular flexibility index (Phi) is 7.50. The van der Waals surface area contributed by atoms with Crippen molar-refractivity contribution < 1.29 is 22.0 Å². The smallest absolute Gasteiger partial charge is 0.252 e. The van der Waals surface area contributed by atoms with Crippen LogP contribution in [-0.2, 0) is 9.84 Å². The van der Waals surface area contributed by atoms with E-state index >= 15 is 0 Å². The molecule has 0 aliphatic carbocycles. The molecule has 8 heteroatoms. The van der Waals surface area contributed by atoms with E-state index in [1.807, 2.05) is 6.92 Å². The minimum absolute atomic E-state index is 0.0136. The first-order chi connectivity index (χ1) is 13.6. The highest BCUT2D eigenvalue weighted by atomic mass is 32.2. The topological polar surface area (TPSA) is 66.5 Å². The maximum absolute atomic E-state index is 13.3. The van der Waals surface area contributed by atoms with Crippen molar-refractivity contribution in [1.29, 1.82) is 0 Å². The van der Waals surface area contributed by atoms with Crippen LogP contribution in [0.3, 0.4) is 0 Å². The molecule has 29 heavy (non-hydrogen) atoms. The van der Waals surface area contributed by atoms with Gasteiger partial charge in [-0.2, -0.15) is 0 Å². The van der Waals surface area contributed by atoms with Gasteiger partial charge in [0.05, 0.1) is 4.90 Å². The summed E-state index contributed by atoms with van der Waals surface area (Å²) in [7, 11) is -3.51. The van der Waals surface area contributed by atoms with Gasteiger partial charge in [-0.15, -0.1) is 0 Å². The van der Waals surface area contributed by atoms with Crippen LogP contribution in [-0.4, -0.2) is 45.1 Å². The van der Waals surface area contributed by atoms with Gasteiger partial charge in [0.1, 0.15) is 11.6 Å². The molecule has 0 atom stereocenters. The molecule has 0 spiro atoms. The van der Waals surface area contributed by atoms with Crippen LogP contribution in [0.5, 0.6) is 0 Å². The monoisotopic (exact) mass is 422 g/mol. The number of benzene rings is 2. The Labute approximate surface area is 170 Å². The van der Waals surface area contributed by atoms with Gasteiger partial charge in [0.25, 0.3) is 5.91 Å². The first-order valence-corrected chi connectivity index (χ1v) is 11.0. The van der Waals surface area contributed by atoms with Crippen LogP contribution >= 0.6 is 0 Å².